The highest BCUT2D eigenvalue weighted by Crippen LogP contribution is 2.10. The molecule has 0 saturated carbocycles. The van der Waals surface area contributed by atoms with E-state index in [1.165, 1.54) is 6.04 Å². The fourth-order valence-electron chi connectivity index (χ4n) is 1.50. The Kier molecular flexibility index (Phi) is 9.37. The summed E-state index contributed by atoms with van der Waals surface area (Å²) in [5.74, 6) is 0. The number of ether oxygens (including phenoxy) is 1. The van der Waals surface area contributed by atoms with Crippen molar-refractivity contribution in [3.8, 4) is 0 Å². The summed E-state index contributed by atoms with van der Waals surface area (Å²) in [7, 11) is -0.969. The molecule has 0 radical (unpaired) electrons. The van der Waals surface area contributed by atoms with Crippen LogP contribution in [-0.4, -0.2) is 27.1 Å². The van der Waals surface area contributed by atoms with Gasteiger partial charge in [0.15, 0.2) is 0 Å². The molecule has 0 aromatic carbocycles. The molecule has 0 aromatic rings. The molecule has 0 rings (SSSR count). The molecule has 2 nitrogen and oxygen atoms in total. The molecule has 0 spiro atoms. The zero-order valence-corrected chi connectivity index (χ0v) is 12.9. The van der Waals surface area contributed by atoms with Crippen LogP contribution in [0.2, 0.25) is 25.7 Å². The molecule has 0 aromatic heterocycles. The van der Waals surface area contributed by atoms with Crippen LogP contribution >= 0.6 is 0 Å². The van der Waals surface area contributed by atoms with E-state index in [1.54, 1.807) is 0 Å². The molecule has 3 heteroatoms. The maximum absolute atomic E-state index is 10.5. The van der Waals surface area contributed by atoms with E-state index in [1.807, 2.05) is 0 Å². The first-order chi connectivity index (χ1) is 7.99. The molecule has 0 N–H and O–H groups in total. The summed E-state index contributed by atoms with van der Waals surface area (Å²) in [5, 5.41) is 0. The third-order valence-electron chi connectivity index (χ3n) is 2.56. The number of allylic oxidation sites excluding steroid dienone is 1. The Labute approximate surface area is 107 Å². The third-order valence-corrected chi connectivity index (χ3v) is 4.02. The lowest BCUT2D eigenvalue weighted by Gasteiger charge is -2.14. The number of rotatable bonds is 10. The number of carbonyl (C=O) groups excluding carboxylic acids is 1. The number of aldehydes is 1. The second kappa shape index (κ2) is 9.60. The molecule has 0 aliphatic carbocycles. The molecule has 0 aliphatic rings. The van der Waals surface area contributed by atoms with Crippen molar-refractivity contribution in [2.24, 2.45) is 0 Å². The fraction of sp³-hybridized carbons (Fsp3) is 0.786. The monoisotopic (exact) mass is 256 g/mol. The molecule has 0 fully saturated rings. The summed E-state index contributed by atoms with van der Waals surface area (Å²) in [5.41, 5.74) is 0. The lowest BCUT2D eigenvalue weighted by molar-refractivity contribution is -0.110. The maximum atomic E-state index is 10.5. The van der Waals surface area contributed by atoms with E-state index in [2.05, 4.69) is 38.7 Å². The van der Waals surface area contributed by atoms with Crippen molar-refractivity contribution in [3.05, 3.63) is 12.2 Å². The van der Waals surface area contributed by atoms with Gasteiger partial charge in [0.25, 0.3) is 0 Å². The van der Waals surface area contributed by atoms with Crippen LogP contribution in [0.15, 0.2) is 12.2 Å². The van der Waals surface area contributed by atoms with Crippen molar-refractivity contribution in [3.63, 3.8) is 0 Å². The Morgan fingerprint density at radius 2 is 1.94 bits per heavy atom. The first kappa shape index (κ1) is 16.6. The van der Waals surface area contributed by atoms with E-state index in [9.17, 15) is 4.79 Å². The number of unbranched alkanes of at least 4 members (excludes halogenated alkanes) is 1. The van der Waals surface area contributed by atoms with Crippen molar-refractivity contribution in [1.82, 2.24) is 0 Å². The Morgan fingerprint density at radius 3 is 2.47 bits per heavy atom. The highest BCUT2D eigenvalue weighted by molar-refractivity contribution is 6.76. The molecule has 0 heterocycles. The van der Waals surface area contributed by atoms with Gasteiger partial charge in [0.05, 0.1) is 12.7 Å². The quantitative estimate of drug-likeness (QED) is 0.335. The predicted molar refractivity (Wildman–Crippen MR) is 77.2 cm³/mol. The van der Waals surface area contributed by atoms with Gasteiger partial charge < -0.3 is 9.53 Å². The largest absolute Gasteiger partial charge is 0.374 e. The van der Waals surface area contributed by atoms with E-state index in [0.29, 0.717) is 13.0 Å². The second-order valence-corrected chi connectivity index (χ2v) is 11.3. The van der Waals surface area contributed by atoms with Crippen LogP contribution in [0.3, 0.4) is 0 Å². The average molecular weight is 256 g/mol. The van der Waals surface area contributed by atoms with E-state index in [4.69, 9.17) is 4.74 Å². The van der Waals surface area contributed by atoms with Crippen molar-refractivity contribution < 1.29 is 9.53 Å². The van der Waals surface area contributed by atoms with Gasteiger partial charge in [-0.25, -0.2) is 0 Å². The predicted octanol–water partition coefficient (Wildman–Crippen LogP) is 4.05. The van der Waals surface area contributed by atoms with Gasteiger partial charge >= 0.3 is 0 Å². The molecule has 0 amide bonds. The van der Waals surface area contributed by atoms with Crippen molar-refractivity contribution >= 4 is 14.4 Å². The highest BCUT2D eigenvalue weighted by Gasteiger charge is 2.09. The number of hydrogen-bond donors (Lipinski definition) is 0. The smallest absolute Gasteiger partial charge is 0.122 e. The van der Waals surface area contributed by atoms with Crippen molar-refractivity contribution in [2.45, 2.75) is 64.4 Å². The minimum atomic E-state index is -0.969. The van der Waals surface area contributed by atoms with Crippen LogP contribution in [0.1, 0.15) is 32.6 Å². The Balaban J connectivity index is 3.76. The van der Waals surface area contributed by atoms with Gasteiger partial charge in [0.2, 0.25) is 0 Å². The number of carbonyl (C=O) groups is 1. The van der Waals surface area contributed by atoms with Crippen molar-refractivity contribution in [2.75, 3.05) is 6.61 Å². The van der Waals surface area contributed by atoms with E-state index in [0.717, 1.165) is 25.5 Å². The zero-order chi connectivity index (χ0) is 13.1. The third kappa shape index (κ3) is 11.8. The average Bonchev–Trinajstić information content (AvgIpc) is 2.23. The Morgan fingerprint density at radius 1 is 1.24 bits per heavy atom. The molecule has 0 saturated heterocycles. The normalized spacial score (nSPS) is 14.1. The molecule has 100 valence electrons. The fourth-order valence-corrected chi connectivity index (χ4v) is 2.38. The lowest BCUT2D eigenvalue weighted by atomic mass is 10.1. The molecule has 0 bridgehead atoms. The van der Waals surface area contributed by atoms with Gasteiger partial charge in [-0.05, 0) is 12.5 Å². The van der Waals surface area contributed by atoms with Gasteiger partial charge in [-0.15, -0.1) is 0 Å². The maximum Gasteiger partial charge on any atom is 0.122 e. The van der Waals surface area contributed by atoms with Crippen LogP contribution in [0.25, 0.3) is 0 Å². The van der Waals surface area contributed by atoms with Gasteiger partial charge in [-0.3, -0.25) is 0 Å². The van der Waals surface area contributed by atoms with Gasteiger partial charge in [0, 0.05) is 14.5 Å². The van der Waals surface area contributed by atoms with E-state index in [-0.39, 0.29) is 6.10 Å². The van der Waals surface area contributed by atoms with Crippen LogP contribution in [0.4, 0.5) is 0 Å². The Hall–Kier alpha value is -0.413. The zero-order valence-electron chi connectivity index (χ0n) is 11.9. The molecular weight excluding hydrogens is 228 g/mol. The van der Waals surface area contributed by atoms with E-state index < -0.39 is 8.07 Å². The minimum Gasteiger partial charge on any atom is -0.374 e. The first-order valence-corrected chi connectivity index (χ1v) is 10.4. The molecular formula is C14H28O2Si. The summed E-state index contributed by atoms with van der Waals surface area (Å²) in [4.78, 5) is 10.5. The molecule has 0 aliphatic heterocycles. The van der Waals surface area contributed by atoms with Crippen LogP contribution in [-0.2, 0) is 9.53 Å². The SMILES string of the molecule is CCCCC(CC=O)OC/C=C\C[Si](C)(C)C. The molecule has 1 unspecified atom stereocenters. The summed E-state index contributed by atoms with van der Waals surface area (Å²) in [6.07, 6.45) is 9.22. The van der Waals surface area contributed by atoms with Gasteiger partial charge in [-0.2, -0.15) is 0 Å². The minimum absolute atomic E-state index is 0.115. The van der Waals surface area contributed by atoms with Crippen LogP contribution in [0, 0.1) is 0 Å². The van der Waals surface area contributed by atoms with E-state index >= 15 is 0 Å². The summed E-state index contributed by atoms with van der Waals surface area (Å²) in [6.45, 7) is 9.87. The topological polar surface area (TPSA) is 26.3 Å². The van der Waals surface area contributed by atoms with Crippen LogP contribution in [0.5, 0.6) is 0 Å². The summed E-state index contributed by atoms with van der Waals surface area (Å²) >= 11 is 0. The highest BCUT2D eigenvalue weighted by atomic mass is 28.3. The van der Waals surface area contributed by atoms with Gasteiger partial charge in [-0.1, -0.05) is 51.6 Å². The van der Waals surface area contributed by atoms with Crippen LogP contribution < -0.4 is 0 Å². The first-order valence-electron chi connectivity index (χ1n) is 6.70. The summed E-state index contributed by atoms with van der Waals surface area (Å²) < 4.78 is 5.70. The molecule has 17 heavy (non-hydrogen) atoms. The standard InChI is InChI=1S/C14H28O2Si/c1-5-6-9-14(10-11-15)16-12-7-8-13-17(2,3)4/h7-8,11,14H,5-6,9-10,12-13H2,1-4H3/b8-7-. The second-order valence-electron chi connectivity index (χ2n) is 5.74. The van der Waals surface area contributed by atoms with Gasteiger partial charge in [0.1, 0.15) is 6.29 Å². The van der Waals surface area contributed by atoms with Crippen molar-refractivity contribution in [1.29, 1.82) is 0 Å². The molecule has 1 atom stereocenters. The lowest BCUT2D eigenvalue weighted by Crippen LogP contribution is -2.17. The summed E-state index contributed by atoms with van der Waals surface area (Å²) in [6, 6.07) is 1.20. The number of hydrogen-bond acceptors (Lipinski definition) is 2. The Bertz CT molecular complexity index is 219.